The maximum absolute atomic E-state index is 13.9. The Hall–Kier alpha value is -4.71. The fourth-order valence-electron chi connectivity index (χ4n) is 4.36. The molecule has 1 fully saturated rings. The predicted molar refractivity (Wildman–Crippen MR) is 136 cm³/mol. The maximum atomic E-state index is 13.9. The highest BCUT2D eigenvalue weighted by Gasteiger charge is 2.52. The number of guanidine groups is 1. The zero-order valence-corrected chi connectivity index (χ0v) is 18.9. The Bertz CT molecular complexity index is 1310. The molecule has 0 radical (unpaired) electrons. The highest BCUT2D eigenvalue weighted by atomic mass is 16.2. The first-order chi connectivity index (χ1) is 17.1. The van der Waals surface area contributed by atoms with Crippen molar-refractivity contribution in [2.24, 2.45) is 0 Å². The Morgan fingerprint density at radius 2 is 1.29 bits per heavy atom. The average Bonchev–Trinajstić information content (AvgIpc) is 3.17. The minimum Gasteiger partial charge on any atom is -0.334 e. The molecule has 0 spiro atoms. The summed E-state index contributed by atoms with van der Waals surface area (Å²) in [7, 11) is 0. The summed E-state index contributed by atoms with van der Waals surface area (Å²) in [5.74, 6) is -0.347. The molecule has 0 atom stereocenters. The summed E-state index contributed by atoms with van der Waals surface area (Å²) in [6, 6.07) is 35.3. The van der Waals surface area contributed by atoms with E-state index in [1.165, 1.54) is 4.90 Å². The van der Waals surface area contributed by atoms with Gasteiger partial charge in [0.25, 0.3) is 11.8 Å². The van der Waals surface area contributed by atoms with Gasteiger partial charge in [-0.1, -0.05) is 91.0 Å². The molecular weight excluding hydrogens is 436 g/mol. The predicted octanol–water partition coefficient (Wildman–Crippen LogP) is 4.75. The molecular formula is C29H24N4O2. The molecule has 3 N–H and O–H groups in total. The Morgan fingerprint density at radius 1 is 0.771 bits per heavy atom. The first-order valence-corrected chi connectivity index (χ1v) is 11.3. The number of carbonyl (C=O) groups excluding carboxylic acids is 2. The van der Waals surface area contributed by atoms with Crippen molar-refractivity contribution in [1.29, 1.82) is 5.41 Å². The van der Waals surface area contributed by atoms with Crippen molar-refractivity contribution < 1.29 is 9.59 Å². The van der Waals surface area contributed by atoms with Gasteiger partial charge in [0.05, 0.1) is 6.54 Å². The number of hydrogen-bond donors (Lipinski definition) is 3. The van der Waals surface area contributed by atoms with E-state index in [9.17, 15) is 9.59 Å². The van der Waals surface area contributed by atoms with Gasteiger partial charge >= 0.3 is 0 Å². The van der Waals surface area contributed by atoms with Crippen LogP contribution in [-0.2, 0) is 16.9 Å². The molecule has 172 valence electrons. The van der Waals surface area contributed by atoms with Crippen molar-refractivity contribution in [2.45, 2.75) is 12.1 Å². The van der Waals surface area contributed by atoms with Crippen molar-refractivity contribution >= 4 is 23.5 Å². The standard InChI is InChI=1S/C29H24N4O2/c30-28-32-29(23-12-6-2-7-13-23,24-14-8-3-9-15-24)27(35)33(28)20-21-16-18-25(19-17-21)31-26(34)22-10-4-1-5-11-22/h1-19H,20H2,(H2,30,32)(H,31,34). The summed E-state index contributed by atoms with van der Waals surface area (Å²) in [6.07, 6.45) is 0. The van der Waals surface area contributed by atoms with Crippen molar-refractivity contribution in [3.05, 3.63) is 138 Å². The van der Waals surface area contributed by atoms with E-state index in [1.54, 1.807) is 24.3 Å². The molecule has 1 heterocycles. The van der Waals surface area contributed by atoms with Crippen LogP contribution in [0.25, 0.3) is 0 Å². The third-order valence-electron chi connectivity index (χ3n) is 6.14. The van der Waals surface area contributed by atoms with Gasteiger partial charge in [0.1, 0.15) is 0 Å². The van der Waals surface area contributed by atoms with Gasteiger partial charge in [-0.2, -0.15) is 0 Å². The van der Waals surface area contributed by atoms with Gasteiger partial charge in [-0.25, -0.2) is 0 Å². The van der Waals surface area contributed by atoms with Crippen LogP contribution in [0.15, 0.2) is 115 Å². The van der Waals surface area contributed by atoms with Crippen molar-refractivity contribution in [1.82, 2.24) is 10.2 Å². The van der Waals surface area contributed by atoms with Gasteiger partial charge in [0.15, 0.2) is 11.5 Å². The number of hydrogen-bond acceptors (Lipinski definition) is 3. The third-order valence-corrected chi connectivity index (χ3v) is 6.14. The first kappa shape index (κ1) is 22.1. The molecule has 1 saturated heterocycles. The number of nitrogens with zero attached hydrogens (tertiary/aromatic N) is 1. The number of benzene rings is 4. The van der Waals surface area contributed by atoms with E-state index in [-0.39, 0.29) is 24.3 Å². The van der Waals surface area contributed by atoms with Crippen LogP contribution in [0.3, 0.4) is 0 Å². The molecule has 1 aliphatic rings. The number of amides is 2. The lowest BCUT2D eigenvalue weighted by atomic mass is 9.82. The van der Waals surface area contributed by atoms with E-state index < -0.39 is 5.54 Å². The van der Waals surface area contributed by atoms with Gasteiger partial charge in [-0.05, 0) is 41.0 Å². The second-order valence-electron chi connectivity index (χ2n) is 8.36. The zero-order chi connectivity index (χ0) is 24.3. The minimum absolute atomic E-state index is 0.0455. The molecule has 0 aromatic heterocycles. The second kappa shape index (κ2) is 9.27. The lowest BCUT2D eigenvalue weighted by molar-refractivity contribution is -0.130. The van der Waals surface area contributed by atoms with Crippen LogP contribution in [-0.4, -0.2) is 22.7 Å². The van der Waals surface area contributed by atoms with Crippen LogP contribution >= 0.6 is 0 Å². The molecule has 1 aliphatic heterocycles. The molecule has 35 heavy (non-hydrogen) atoms. The highest BCUT2D eigenvalue weighted by Crippen LogP contribution is 2.36. The first-order valence-electron chi connectivity index (χ1n) is 11.3. The van der Waals surface area contributed by atoms with Crippen LogP contribution in [0.5, 0.6) is 0 Å². The number of rotatable bonds is 6. The molecule has 4 aromatic carbocycles. The Labute approximate surface area is 203 Å². The third kappa shape index (κ3) is 4.17. The fraction of sp³-hybridized carbons (Fsp3) is 0.0690. The Morgan fingerprint density at radius 3 is 1.83 bits per heavy atom. The van der Waals surface area contributed by atoms with E-state index in [4.69, 9.17) is 5.41 Å². The normalized spacial score (nSPS) is 14.5. The van der Waals surface area contributed by atoms with Gasteiger partial charge < -0.3 is 10.6 Å². The van der Waals surface area contributed by atoms with E-state index >= 15 is 0 Å². The van der Waals surface area contributed by atoms with Gasteiger partial charge in [0, 0.05) is 11.3 Å². The molecule has 0 unspecified atom stereocenters. The van der Waals surface area contributed by atoms with Crippen molar-refractivity contribution in [3.8, 4) is 0 Å². The topological polar surface area (TPSA) is 85.3 Å². The van der Waals surface area contributed by atoms with E-state index in [0.29, 0.717) is 11.3 Å². The van der Waals surface area contributed by atoms with Crippen molar-refractivity contribution in [2.75, 3.05) is 5.32 Å². The highest BCUT2D eigenvalue weighted by molar-refractivity contribution is 6.10. The minimum atomic E-state index is -1.16. The monoisotopic (exact) mass is 460 g/mol. The van der Waals surface area contributed by atoms with Crippen LogP contribution in [0, 0.1) is 5.41 Å². The molecule has 6 heteroatoms. The summed E-state index contributed by atoms with van der Waals surface area (Å²) in [4.78, 5) is 27.7. The smallest absolute Gasteiger partial charge is 0.264 e. The maximum Gasteiger partial charge on any atom is 0.264 e. The zero-order valence-electron chi connectivity index (χ0n) is 18.9. The molecule has 5 rings (SSSR count). The largest absolute Gasteiger partial charge is 0.334 e. The van der Waals surface area contributed by atoms with Crippen LogP contribution < -0.4 is 10.6 Å². The van der Waals surface area contributed by atoms with Gasteiger partial charge in [0.2, 0.25) is 0 Å². The molecule has 2 amide bonds. The van der Waals surface area contributed by atoms with Gasteiger partial charge in [-0.3, -0.25) is 19.9 Å². The van der Waals surface area contributed by atoms with Gasteiger partial charge in [-0.15, -0.1) is 0 Å². The molecule has 6 nitrogen and oxygen atoms in total. The molecule has 0 aliphatic carbocycles. The fourth-order valence-corrected chi connectivity index (χ4v) is 4.36. The second-order valence-corrected chi connectivity index (χ2v) is 8.36. The lowest BCUT2D eigenvalue weighted by Gasteiger charge is -2.28. The average molecular weight is 461 g/mol. The molecule has 0 saturated carbocycles. The Kier molecular flexibility index (Phi) is 5.85. The number of anilines is 1. The van der Waals surface area contributed by atoms with E-state index in [1.807, 2.05) is 91.0 Å². The summed E-state index contributed by atoms with van der Waals surface area (Å²) in [6.45, 7) is 0.235. The van der Waals surface area contributed by atoms with E-state index in [0.717, 1.165) is 16.7 Å². The van der Waals surface area contributed by atoms with Crippen LogP contribution in [0.1, 0.15) is 27.0 Å². The van der Waals surface area contributed by atoms with E-state index in [2.05, 4.69) is 10.6 Å². The van der Waals surface area contributed by atoms with Crippen molar-refractivity contribution in [3.63, 3.8) is 0 Å². The SMILES string of the molecule is N=C1NC(c2ccccc2)(c2ccccc2)C(=O)N1Cc1ccc(NC(=O)c2ccccc2)cc1. The summed E-state index contributed by atoms with van der Waals surface area (Å²) >= 11 is 0. The van der Waals surface area contributed by atoms with Crippen LogP contribution in [0.4, 0.5) is 5.69 Å². The molecule has 0 bridgehead atoms. The summed E-state index contributed by atoms with van der Waals surface area (Å²) < 4.78 is 0. The van der Waals surface area contributed by atoms with Crippen LogP contribution in [0.2, 0.25) is 0 Å². The summed E-state index contributed by atoms with van der Waals surface area (Å²) in [5.41, 5.74) is 2.48. The number of nitrogens with one attached hydrogen (secondary N) is 3. The molecule has 4 aromatic rings. The lowest BCUT2D eigenvalue weighted by Crippen LogP contribution is -2.45. The Balaban J connectivity index is 1.38. The summed E-state index contributed by atoms with van der Waals surface area (Å²) in [5, 5.41) is 14.7. The number of carbonyl (C=O) groups is 2. The quantitative estimate of drug-likeness (QED) is 0.388.